The minimum absolute atomic E-state index is 0.685. The standard InChI is InChI=1S/C19H17N5/c1-14-4-2-6-16(10-14)17-13-22-24-9-7-18(23-19(17)24)21-12-15-5-3-8-20-11-15/h2-11,13H,12H2,1H3,(H,21,23). The molecule has 3 aromatic heterocycles. The molecule has 0 fully saturated rings. The first-order valence-corrected chi connectivity index (χ1v) is 7.84. The van der Waals surface area contributed by atoms with Gasteiger partial charge >= 0.3 is 0 Å². The van der Waals surface area contributed by atoms with E-state index in [4.69, 9.17) is 4.98 Å². The molecule has 0 aliphatic heterocycles. The highest BCUT2D eigenvalue weighted by Gasteiger charge is 2.09. The van der Waals surface area contributed by atoms with E-state index in [0.717, 1.165) is 28.2 Å². The Morgan fingerprint density at radius 2 is 2.04 bits per heavy atom. The van der Waals surface area contributed by atoms with Crippen LogP contribution in [0.3, 0.4) is 0 Å². The predicted molar refractivity (Wildman–Crippen MR) is 94.7 cm³/mol. The Balaban J connectivity index is 1.66. The highest BCUT2D eigenvalue weighted by molar-refractivity contribution is 5.77. The van der Waals surface area contributed by atoms with E-state index in [2.05, 4.69) is 46.6 Å². The van der Waals surface area contributed by atoms with Crippen LogP contribution in [0.25, 0.3) is 16.8 Å². The fourth-order valence-electron chi connectivity index (χ4n) is 2.68. The van der Waals surface area contributed by atoms with Crippen LogP contribution in [-0.2, 0) is 6.54 Å². The maximum absolute atomic E-state index is 4.73. The molecule has 3 heterocycles. The van der Waals surface area contributed by atoms with Gasteiger partial charge in [-0.2, -0.15) is 5.10 Å². The second-order valence-corrected chi connectivity index (χ2v) is 5.72. The molecule has 118 valence electrons. The lowest BCUT2D eigenvalue weighted by molar-refractivity contribution is 0.936. The largest absolute Gasteiger partial charge is 0.366 e. The maximum Gasteiger partial charge on any atom is 0.165 e. The lowest BCUT2D eigenvalue weighted by Crippen LogP contribution is -2.03. The minimum atomic E-state index is 0.685. The number of nitrogens with one attached hydrogen (secondary N) is 1. The van der Waals surface area contributed by atoms with E-state index < -0.39 is 0 Å². The SMILES string of the molecule is Cc1cccc(-c2cnn3ccc(NCc4cccnc4)nc23)c1. The molecule has 0 aliphatic rings. The average Bonchev–Trinajstić information content (AvgIpc) is 3.04. The Bertz CT molecular complexity index is 975. The normalized spacial score (nSPS) is 10.9. The lowest BCUT2D eigenvalue weighted by Gasteiger charge is -2.06. The van der Waals surface area contributed by atoms with Gasteiger partial charge in [0.05, 0.1) is 6.20 Å². The maximum atomic E-state index is 4.73. The van der Waals surface area contributed by atoms with Crippen molar-refractivity contribution in [2.75, 3.05) is 5.32 Å². The summed E-state index contributed by atoms with van der Waals surface area (Å²) in [6.07, 6.45) is 7.41. The summed E-state index contributed by atoms with van der Waals surface area (Å²) in [6.45, 7) is 2.77. The number of anilines is 1. The van der Waals surface area contributed by atoms with Gasteiger partial charge in [-0.1, -0.05) is 35.9 Å². The first kappa shape index (κ1) is 14.4. The third-order valence-electron chi connectivity index (χ3n) is 3.89. The zero-order valence-electron chi connectivity index (χ0n) is 13.3. The molecule has 0 amide bonds. The third kappa shape index (κ3) is 2.84. The Morgan fingerprint density at radius 3 is 2.88 bits per heavy atom. The number of rotatable bonds is 4. The summed E-state index contributed by atoms with van der Waals surface area (Å²) < 4.78 is 1.80. The number of nitrogens with zero attached hydrogens (tertiary/aromatic N) is 4. The molecule has 0 saturated carbocycles. The number of pyridine rings is 1. The number of aryl methyl sites for hydroxylation is 1. The van der Waals surface area contributed by atoms with E-state index in [1.807, 2.05) is 36.8 Å². The Morgan fingerprint density at radius 1 is 1.08 bits per heavy atom. The molecule has 0 saturated heterocycles. The highest BCUT2D eigenvalue weighted by atomic mass is 15.2. The van der Waals surface area contributed by atoms with Gasteiger partial charge in [0.25, 0.3) is 0 Å². The minimum Gasteiger partial charge on any atom is -0.366 e. The molecule has 0 spiro atoms. The molecular weight excluding hydrogens is 298 g/mol. The van der Waals surface area contributed by atoms with Crippen molar-refractivity contribution in [2.45, 2.75) is 13.5 Å². The van der Waals surface area contributed by atoms with Crippen LogP contribution in [-0.4, -0.2) is 19.6 Å². The monoisotopic (exact) mass is 315 g/mol. The Kier molecular flexibility index (Phi) is 3.67. The second-order valence-electron chi connectivity index (χ2n) is 5.72. The summed E-state index contributed by atoms with van der Waals surface area (Å²) in [5.74, 6) is 0.820. The van der Waals surface area contributed by atoms with Gasteiger partial charge in [-0.15, -0.1) is 0 Å². The topological polar surface area (TPSA) is 55.1 Å². The highest BCUT2D eigenvalue weighted by Crippen LogP contribution is 2.24. The van der Waals surface area contributed by atoms with Crippen LogP contribution in [0.4, 0.5) is 5.82 Å². The Hall–Kier alpha value is -3.21. The molecule has 1 aromatic carbocycles. The third-order valence-corrected chi connectivity index (χ3v) is 3.89. The number of hydrogen-bond acceptors (Lipinski definition) is 4. The fourth-order valence-corrected chi connectivity index (χ4v) is 2.68. The molecule has 5 nitrogen and oxygen atoms in total. The van der Waals surface area contributed by atoms with Crippen molar-refractivity contribution in [1.82, 2.24) is 19.6 Å². The molecule has 1 N–H and O–H groups in total. The van der Waals surface area contributed by atoms with Crippen molar-refractivity contribution in [3.05, 3.63) is 78.4 Å². The molecule has 0 unspecified atom stereocenters. The number of aromatic nitrogens is 4. The summed E-state index contributed by atoms with van der Waals surface area (Å²) in [5, 5.41) is 7.74. The smallest absolute Gasteiger partial charge is 0.165 e. The van der Waals surface area contributed by atoms with Crippen LogP contribution in [0.5, 0.6) is 0 Å². The van der Waals surface area contributed by atoms with Crippen molar-refractivity contribution < 1.29 is 0 Å². The molecule has 4 aromatic rings. The zero-order chi connectivity index (χ0) is 16.4. The van der Waals surface area contributed by atoms with E-state index in [9.17, 15) is 0 Å². The van der Waals surface area contributed by atoms with Gasteiger partial charge in [0.15, 0.2) is 5.65 Å². The van der Waals surface area contributed by atoms with E-state index in [1.165, 1.54) is 5.56 Å². The van der Waals surface area contributed by atoms with Crippen LogP contribution >= 0.6 is 0 Å². The van der Waals surface area contributed by atoms with Crippen molar-refractivity contribution in [1.29, 1.82) is 0 Å². The van der Waals surface area contributed by atoms with E-state index >= 15 is 0 Å². The van der Waals surface area contributed by atoms with Gasteiger partial charge in [0.1, 0.15) is 5.82 Å². The van der Waals surface area contributed by atoms with Crippen LogP contribution < -0.4 is 5.32 Å². The van der Waals surface area contributed by atoms with E-state index in [1.54, 1.807) is 10.7 Å². The van der Waals surface area contributed by atoms with E-state index in [-0.39, 0.29) is 0 Å². The van der Waals surface area contributed by atoms with Crippen LogP contribution in [0, 0.1) is 6.92 Å². The summed E-state index contributed by atoms with van der Waals surface area (Å²) in [6, 6.07) is 14.3. The van der Waals surface area contributed by atoms with Gasteiger partial charge in [-0.3, -0.25) is 4.98 Å². The number of hydrogen-bond donors (Lipinski definition) is 1. The van der Waals surface area contributed by atoms with Crippen LogP contribution in [0.15, 0.2) is 67.3 Å². The first-order valence-electron chi connectivity index (χ1n) is 7.84. The predicted octanol–water partition coefficient (Wildman–Crippen LogP) is 3.71. The molecule has 0 atom stereocenters. The Labute approximate surface area is 140 Å². The van der Waals surface area contributed by atoms with E-state index in [0.29, 0.717) is 6.54 Å². The molecule has 24 heavy (non-hydrogen) atoms. The van der Waals surface area contributed by atoms with Crippen LogP contribution in [0.1, 0.15) is 11.1 Å². The van der Waals surface area contributed by atoms with Gasteiger partial charge < -0.3 is 5.32 Å². The summed E-state index contributed by atoms with van der Waals surface area (Å²) in [5.41, 5.74) is 5.34. The fraction of sp³-hybridized carbons (Fsp3) is 0.105. The molecule has 5 heteroatoms. The quantitative estimate of drug-likeness (QED) is 0.624. The number of benzene rings is 1. The molecule has 4 rings (SSSR count). The molecule has 0 radical (unpaired) electrons. The summed E-state index contributed by atoms with van der Waals surface area (Å²) in [4.78, 5) is 8.85. The second kappa shape index (κ2) is 6.12. The average molecular weight is 315 g/mol. The van der Waals surface area contributed by atoms with Crippen molar-refractivity contribution in [3.63, 3.8) is 0 Å². The zero-order valence-corrected chi connectivity index (χ0v) is 13.3. The van der Waals surface area contributed by atoms with Gasteiger partial charge in [-0.05, 0) is 30.2 Å². The molecular formula is C19H17N5. The number of fused-ring (bicyclic) bond motifs is 1. The lowest BCUT2D eigenvalue weighted by atomic mass is 10.1. The van der Waals surface area contributed by atoms with Crippen molar-refractivity contribution in [3.8, 4) is 11.1 Å². The summed E-state index contributed by atoms with van der Waals surface area (Å²) >= 11 is 0. The first-order chi connectivity index (χ1) is 11.8. The van der Waals surface area contributed by atoms with Crippen LogP contribution in [0.2, 0.25) is 0 Å². The van der Waals surface area contributed by atoms with Crippen molar-refractivity contribution >= 4 is 11.5 Å². The van der Waals surface area contributed by atoms with Gasteiger partial charge in [-0.25, -0.2) is 9.50 Å². The van der Waals surface area contributed by atoms with Crippen molar-refractivity contribution in [2.24, 2.45) is 0 Å². The summed E-state index contributed by atoms with van der Waals surface area (Å²) in [7, 11) is 0. The van der Waals surface area contributed by atoms with Gasteiger partial charge in [0, 0.05) is 30.7 Å². The molecule has 0 bridgehead atoms. The van der Waals surface area contributed by atoms with Gasteiger partial charge in [0.2, 0.25) is 0 Å². The molecule has 0 aliphatic carbocycles.